The lowest BCUT2D eigenvalue weighted by Gasteiger charge is -2.38. The maximum absolute atomic E-state index is 12.2. The van der Waals surface area contributed by atoms with Gasteiger partial charge in [-0.3, -0.25) is 14.8 Å². The second kappa shape index (κ2) is 11.8. The molecule has 0 aliphatic carbocycles. The van der Waals surface area contributed by atoms with E-state index in [0.717, 1.165) is 87.7 Å². The van der Waals surface area contributed by atoms with Gasteiger partial charge in [0, 0.05) is 63.3 Å². The molecule has 1 aromatic carbocycles. The molecule has 0 spiro atoms. The second-order valence-electron chi connectivity index (χ2n) is 10.7. The Labute approximate surface area is 234 Å². The summed E-state index contributed by atoms with van der Waals surface area (Å²) < 4.78 is 11.6. The lowest BCUT2D eigenvalue weighted by molar-refractivity contribution is -0.126. The number of aromatic nitrogens is 4. The number of hydrogen-bond acceptors (Lipinski definition) is 9. The van der Waals surface area contributed by atoms with Crippen LogP contribution in [0, 0.1) is 6.92 Å². The van der Waals surface area contributed by atoms with Crippen molar-refractivity contribution < 1.29 is 14.3 Å². The largest absolute Gasteiger partial charge is 0.463 e. The fourth-order valence-corrected chi connectivity index (χ4v) is 5.98. The van der Waals surface area contributed by atoms with Crippen molar-refractivity contribution >= 4 is 28.3 Å². The summed E-state index contributed by atoms with van der Waals surface area (Å²) in [5.74, 6) is 0.921. The highest BCUT2D eigenvalue weighted by Crippen LogP contribution is 2.35. The molecule has 6 rings (SSSR count). The Morgan fingerprint density at radius 2 is 1.93 bits per heavy atom. The van der Waals surface area contributed by atoms with Crippen LogP contribution >= 0.6 is 0 Å². The fraction of sp³-hybridized carbons (Fsp3) is 0.517. The molecule has 0 radical (unpaired) electrons. The fourth-order valence-electron chi connectivity index (χ4n) is 5.98. The summed E-state index contributed by atoms with van der Waals surface area (Å²) in [5.41, 5.74) is 5.63. The number of anilines is 2. The quantitative estimate of drug-likeness (QED) is 0.336. The highest BCUT2D eigenvalue weighted by molar-refractivity contribution is 5.93. The molecule has 11 nitrogen and oxygen atoms in total. The number of aromatic amines is 1. The van der Waals surface area contributed by atoms with E-state index in [1.165, 1.54) is 22.9 Å². The van der Waals surface area contributed by atoms with Crippen molar-refractivity contribution in [2.24, 2.45) is 0 Å². The number of benzene rings is 1. The number of ether oxygens (including phenoxy) is 2. The van der Waals surface area contributed by atoms with E-state index in [1.807, 2.05) is 11.1 Å². The normalized spacial score (nSPS) is 18.2. The summed E-state index contributed by atoms with van der Waals surface area (Å²) in [6, 6.07) is 4.66. The van der Waals surface area contributed by atoms with E-state index >= 15 is 0 Å². The van der Waals surface area contributed by atoms with Crippen LogP contribution in [0.15, 0.2) is 31.0 Å². The van der Waals surface area contributed by atoms with Gasteiger partial charge in [-0.25, -0.2) is 0 Å². The Hall–Kier alpha value is -3.70. The first-order valence-electron chi connectivity index (χ1n) is 14.3. The Kier molecular flexibility index (Phi) is 7.83. The number of fused-ring (bicyclic) bond motifs is 2. The van der Waals surface area contributed by atoms with Gasteiger partial charge in [-0.15, -0.1) is 0 Å². The smallest absolute Gasteiger partial charge is 0.318 e. The zero-order chi connectivity index (χ0) is 27.5. The third-order valence-corrected chi connectivity index (χ3v) is 8.16. The predicted octanol–water partition coefficient (Wildman–Crippen LogP) is 2.16. The number of nitrogens with zero attached hydrogens (tertiary/aromatic N) is 7. The lowest BCUT2D eigenvalue weighted by Crippen LogP contribution is -2.49. The number of carbonyl (C=O) groups is 1. The molecule has 212 valence electrons. The summed E-state index contributed by atoms with van der Waals surface area (Å²) in [4.78, 5) is 31.0. The van der Waals surface area contributed by atoms with Crippen LogP contribution in [-0.4, -0.2) is 108 Å². The van der Waals surface area contributed by atoms with Gasteiger partial charge in [0.05, 0.1) is 49.5 Å². The number of amides is 1. The molecule has 2 fully saturated rings. The number of carbonyl (C=O) groups excluding carboxylic acids is 1. The van der Waals surface area contributed by atoms with E-state index < -0.39 is 0 Å². The molecular formula is C29H38N8O3. The molecule has 3 aliphatic rings. The van der Waals surface area contributed by atoms with Gasteiger partial charge in [-0.2, -0.15) is 15.1 Å². The third-order valence-electron chi connectivity index (χ3n) is 8.16. The van der Waals surface area contributed by atoms with Crippen LogP contribution in [0.1, 0.15) is 23.2 Å². The van der Waals surface area contributed by atoms with Gasteiger partial charge in [-0.1, -0.05) is 12.6 Å². The van der Waals surface area contributed by atoms with Gasteiger partial charge in [0.1, 0.15) is 5.82 Å². The van der Waals surface area contributed by atoms with Gasteiger partial charge in [0.15, 0.2) is 0 Å². The summed E-state index contributed by atoms with van der Waals surface area (Å²) in [6.45, 7) is 15.1. The maximum Gasteiger partial charge on any atom is 0.318 e. The molecule has 2 aromatic heterocycles. The van der Waals surface area contributed by atoms with Gasteiger partial charge >= 0.3 is 6.01 Å². The van der Waals surface area contributed by atoms with Crippen molar-refractivity contribution in [2.75, 3.05) is 82.0 Å². The number of aryl methyl sites for hydroxylation is 1. The molecule has 0 bridgehead atoms. The molecule has 0 saturated carbocycles. The molecule has 0 atom stereocenters. The van der Waals surface area contributed by atoms with Crippen LogP contribution in [-0.2, 0) is 22.5 Å². The van der Waals surface area contributed by atoms with Crippen LogP contribution in [0.2, 0.25) is 0 Å². The van der Waals surface area contributed by atoms with Crippen LogP contribution in [0.4, 0.5) is 11.5 Å². The van der Waals surface area contributed by atoms with Crippen molar-refractivity contribution in [3.05, 3.63) is 47.8 Å². The van der Waals surface area contributed by atoms with Crippen LogP contribution in [0.5, 0.6) is 6.01 Å². The predicted molar refractivity (Wildman–Crippen MR) is 154 cm³/mol. The average molecular weight is 547 g/mol. The summed E-state index contributed by atoms with van der Waals surface area (Å²) in [7, 11) is 0. The second-order valence-corrected chi connectivity index (χ2v) is 10.7. The number of nitrogens with one attached hydrogen (secondary N) is 1. The molecular weight excluding hydrogens is 508 g/mol. The number of morpholine rings is 1. The highest BCUT2D eigenvalue weighted by Gasteiger charge is 2.29. The summed E-state index contributed by atoms with van der Waals surface area (Å²) in [6.07, 6.45) is 5.04. The van der Waals surface area contributed by atoms with Crippen molar-refractivity contribution in [3.8, 4) is 6.01 Å². The van der Waals surface area contributed by atoms with Crippen LogP contribution < -0.4 is 14.5 Å². The molecule has 3 aromatic rings. The summed E-state index contributed by atoms with van der Waals surface area (Å²) >= 11 is 0. The third kappa shape index (κ3) is 5.48. The number of hydrogen-bond donors (Lipinski definition) is 1. The zero-order valence-corrected chi connectivity index (χ0v) is 23.3. The minimum atomic E-state index is -0.0203. The topological polar surface area (TPSA) is 103 Å². The van der Waals surface area contributed by atoms with Crippen LogP contribution in [0.25, 0.3) is 10.9 Å². The number of H-pyrrole nitrogens is 1. The van der Waals surface area contributed by atoms with E-state index in [4.69, 9.17) is 19.4 Å². The Morgan fingerprint density at radius 3 is 2.73 bits per heavy atom. The minimum Gasteiger partial charge on any atom is -0.463 e. The first-order valence-corrected chi connectivity index (χ1v) is 14.3. The molecule has 1 N–H and O–H groups in total. The van der Waals surface area contributed by atoms with Crippen molar-refractivity contribution in [3.63, 3.8) is 0 Å². The first-order chi connectivity index (χ1) is 19.6. The Bertz CT molecular complexity index is 1360. The zero-order valence-electron chi connectivity index (χ0n) is 23.3. The Balaban J connectivity index is 1.23. The molecule has 40 heavy (non-hydrogen) atoms. The molecule has 3 aliphatic heterocycles. The molecule has 0 unspecified atom stereocenters. The number of piperazine rings is 1. The monoisotopic (exact) mass is 546 g/mol. The van der Waals surface area contributed by atoms with Gasteiger partial charge in [0.25, 0.3) is 0 Å². The molecule has 2 saturated heterocycles. The van der Waals surface area contributed by atoms with E-state index in [2.05, 4.69) is 50.5 Å². The standard InChI is InChI=1S/C29H38N8O3/c1-3-26(38)35-10-12-36(13-11-35)28-22-7-9-37(27-21(2)5-6-24-23(27)19-30-33-24)20-25(22)31-29(32-28)40-16-4-8-34-14-17-39-18-15-34/h3,5-6,19H,1,4,7-18,20H2,2H3,(H,30,33). The van der Waals surface area contributed by atoms with Crippen molar-refractivity contribution in [2.45, 2.75) is 26.3 Å². The van der Waals surface area contributed by atoms with Crippen molar-refractivity contribution in [1.29, 1.82) is 0 Å². The van der Waals surface area contributed by atoms with Gasteiger partial charge in [-0.05, 0) is 37.5 Å². The minimum absolute atomic E-state index is 0.0203. The number of rotatable bonds is 8. The SMILES string of the molecule is C=CC(=O)N1CCN(c2nc(OCCCN3CCOCC3)nc3c2CCN(c2c(C)ccc4[nH]ncc24)C3)CC1. The molecule has 1 amide bonds. The van der Waals surface area contributed by atoms with Crippen LogP contribution in [0.3, 0.4) is 0 Å². The highest BCUT2D eigenvalue weighted by atomic mass is 16.5. The lowest BCUT2D eigenvalue weighted by atomic mass is 10.0. The van der Waals surface area contributed by atoms with Crippen molar-refractivity contribution in [1.82, 2.24) is 30.0 Å². The average Bonchev–Trinajstić information content (AvgIpc) is 3.47. The van der Waals surface area contributed by atoms with Gasteiger partial charge < -0.3 is 24.2 Å². The van der Waals surface area contributed by atoms with E-state index in [-0.39, 0.29) is 5.91 Å². The molecule has 11 heteroatoms. The maximum atomic E-state index is 12.2. The van der Waals surface area contributed by atoms with E-state index in [9.17, 15) is 4.79 Å². The first kappa shape index (κ1) is 26.5. The van der Waals surface area contributed by atoms with Gasteiger partial charge in [0.2, 0.25) is 5.91 Å². The summed E-state index contributed by atoms with van der Waals surface area (Å²) in [5, 5.41) is 8.51. The molecule has 5 heterocycles. The van der Waals surface area contributed by atoms with E-state index in [0.29, 0.717) is 32.3 Å². The Morgan fingerprint density at radius 1 is 1.10 bits per heavy atom. The van der Waals surface area contributed by atoms with E-state index in [1.54, 1.807) is 0 Å².